The number of rotatable bonds is 16. The molecule has 1 heterocycles. The van der Waals surface area contributed by atoms with Gasteiger partial charge in [-0.1, -0.05) is 83.6 Å². The van der Waals surface area contributed by atoms with Gasteiger partial charge in [-0.25, -0.2) is 0 Å². The maximum atomic E-state index is 11.0. The molecule has 1 atom stereocenters. The fourth-order valence-corrected chi connectivity index (χ4v) is 5.83. The summed E-state index contributed by atoms with van der Waals surface area (Å²) in [7, 11) is 0. The molecule has 0 fully saturated rings. The Bertz CT molecular complexity index is 348. The zero-order chi connectivity index (χ0) is 17.5. The second-order valence-electron chi connectivity index (χ2n) is 6.91. The van der Waals surface area contributed by atoms with Gasteiger partial charge in [0.1, 0.15) is 0 Å². The molecule has 1 rings (SSSR count). The Labute approximate surface area is 157 Å². The van der Waals surface area contributed by atoms with Crippen LogP contribution in [0, 0.1) is 0 Å². The van der Waals surface area contributed by atoms with Crippen LogP contribution in [-0.2, 0) is 4.79 Å². The fourth-order valence-electron chi connectivity index (χ4n) is 3.14. The fraction of sp³-hybridized carbons (Fsp3) is 0.850. The molecule has 0 saturated carbocycles. The van der Waals surface area contributed by atoms with Crippen LogP contribution in [0.5, 0.6) is 0 Å². The maximum Gasteiger partial charge on any atom is 0.305 e. The topological polar surface area (TPSA) is 37.3 Å². The molecule has 1 unspecified atom stereocenters. The maximum absolute atomic E-state index is 11.0. The van der Waals surface area contributed by atoms with Crippen molar-refractivity contribution < 1.29 is 9.90 Å². The number of hydrogen-bond acceptors (Lipinski definition) is 3. The second-order valence-corrected chi connectivity index (χ2v) is 9.94. The molecule has 1 N–H and O–H groups in total. The quantitative estimate of drug-likeness (QED) is 0.290. The molecule has 0 aromatic rings. The van der Waals surface area contributed by atoms with Crippen LogP contribution in [0.15, 0.2) is 11.5 Å². The lowest BCUT2D eigenvalue weighted by Gasteiger charge is -2.25. The number of carbonyl (C=O) groups is 1. The highest BCUT2D eigenvalue weighted by molar-refractivity contribution is 8.19. The molecule has 1 aliphatic heterocycles. The van der Waals surface area contributed by atoms with Gasteiger partial charge >= 0.3 is 5.97 Å². The molecular formula is C20H36O2S2. The number of carboxylic acid groups (broad SMARTS) is 1. The van der Waals surface area contributed by atoms with E-state index in [1.54, 1.807) is 11.8 Å². The molecule has 0 spiro atoms. The molecule has 140 valence electrons. The van der Waals surface area contributed by atoms with E-state index in [0.29, 0.717) is 0 Å². The summed E-state index contributed by atoms with van der Waals surface area (Å²) in [5.74, 6) is 0.424. The molecule has 0 radical (unpaired) electrons. The smallest absolute Gasteiger partial charge is 0.305 e. The minimum absolute atomic E-state index is 0.121. The Morgan fingerprint density at radius 1 is 1.00 bits per heavy atom. The van der Waals surface area contributed by atoms with E-state index in [9.17, 15) is 4.79 Å². The van der Waals surface area contributed by atoms with Gasteiger partial charge in [0.25, 0.3) is 0 Å². The van der Waals surface area contributed by atoms with Crippen molar-refractivity contribution >= 4 is 29.5 Å². The Morgan fingerprint density at radius 3 is 2.00 bits per heavy atom. The van der Waals surface area contributed by atoms with Crippen molar-refractivity contribution in [3.8, 4) is 0 Å². The molecule has 0 saturated heterocycles. The third-order valence-corrected chi connectivity index (χ3v) is 7.63. The van der Waals surface area contributed by atoms with E-state index in [0.717, 1.165) is 12.2 Å². The Balaban J connectivity index is 1.89. The number of unbranched alkanes of at least 4 members (excludes halogenated alkanes) is 11. The van der Waals surface area contributed by atoms with Crippen molar-refractivity contribution in [1.82, 2.24) is 0 Å². The van der Waals surface area contributed by atoms with Crippen molar-refractivity contribution in [3.63, 3.8) is 0 Å². The normalized spacial score (nSPS) is 19.9. The Hall–Kier alpha value is -0.0900. The first-order chi connectivity index (χ1) is 11.7. The highest BCUT2D eigenvalue weighted by atomic mass is 32.2. The predicted molar refractivity (Wildman–Crippen MR) is 110 cm³/mol. The van der Waals surface area contributed by atoms with Gasteiger partial charge in [0.15, 0.2) is 0 Å². The van der Waals surface area contributed by atoms with Crippen LogP contribution in [0.4, 0.5) is 0 Å². The van der Waals surface area contributed by atoms with Gasteiger partial charge in [-0.15, -0.1) is 23.5 Å². The van der Waals surface area contributed by atoms with Gasteiger partial charge in [0, 0.05) is 0 Å². The third-order valence-electron chi connectivity index (χ3n) is 4.59. The number of thioether (sulfide) groups is 2. The highest BCUT2D eigenvalue weighted by Crippen LogP contribution is 2.48. The monoisotopic (exact) mass is 372 g/mol. The number of aliphatic carboxylic acids is 1. The lowest BCUT2D eigenvalue weighted by molar-refractivity contribution is -0.137. The van der Waals surface area contributed by atoms with Gasteiger partial charge in [-0.3, -0.25) is 4.79 Å². The second kappa shape index (κ2) is 14.1. The molecule has 0 amide bonds. The zero-order valence-corrected chi connectivity index (χ0v) is 17.1. The molecule has 2 nitrogen and oxygen atoms in total. The van der Waals surface area contributed by atoms with Gasteiger partial charge in [-0.2, -0.15) is 0 Å². The molecule has 0 bridgehead atoms. The van der Waals surface area contributed by atoms with Gasteiger partial charge in [0.2, 0.25) is 0 Å². The lowest BCUT2D eigenvalue weighted by Crippen LogP contribution is -2.21. The predicted octanol–water partition coefficient (Wildman–Crippen LogP) is 7.24. The van der Waals surface area contributed by atoms with Crippen LogP contribution >= 0.6 is 23.5 Å². The van der Waals surface area contributed by atoms with Crippen molar-refractivity contribution in [2.75, 3.05) is 5.75 Å². The van der Waals surface area contributed by atoms with E-state index in [1.165, 1.54) is 77.0 Å². The Kier molecular flexibility index (Phi) is 12.9. The molecular weight excluding hydrogens is 336 g/mol. The van der Waals surface area contributed by atoms with E-state index in [1.807, 2.05) is 11.8 Å². The lowest BCUT2D eigenvalue weighted by atomic mass is 10.1. The van der Waals surface area contributed by atoms with Crippen LogP contribution in [0.1, 0.15) is 96.8 Å². The van der Waals surface area contributed by atoms with Gasteiger partial charge < -0.3 is 5.11 Å². The summed E-state index contributed by atoms with van der Waals surface area (Å²) < 4.78 is -0.121. The van der Waals surface area contributed by atoms with E-state index < -0.39 is 5.97 Å². The van der Waals surface area contributed by atoms with Crippen LogP contribution in [0.3, 0.4) is 0 Å². The highest BCUT2D eigenvalue weighted by Gasteiger charge is 2.34. The summed E-state index contributed by atoms with van der Waals surface area (Å²) in [6.45, 7) is 2.27. The van der Waals surface area contributed by atoms with Crippen molar-refractivity contribution in [2.45, 2.75) is 101 Å². The average molecular weight is 373 g/mol. The molecule has 24 heavy (non-hydrogen) atoms. The average Bonchev–Trinajstić information content (AvgIpc) is 2.99. The van der Waals surface area contributed by atoms with Crippen molar-refractivity contribution in [1.29, 1.82) is 0 Å². The van der Waals surface area contributed by atoms with Crippen LogP contribution in [0.2, 0.25) is 0 Å². The van der Waals surface area contributed by atoms with E-state index >= 15 is 0 Å². The van der Waals surface area contributed by atoms with Gasteiger partial charge in [-0.05, 0) is 24.0 Å². The molecule has 0 aromatic heterocycles. The standard InChI is InChI=1S/C20H36O2S2/c1-2-3-4-5-6-7-8-9-10-11-12-13-16-23-20(18-19(21)22)15-14-17-24-20/h14,17H,2-13,15-16,18H2,1H3,(H,21,22). The summed E-state index contributed by atoms with van der Waals surface area (Å²) in [6.07, 6.45) is 19.7. The van der Waals surface area contributed by atoms with Crippen LogP contribution < -0.4 is 0 Å². The first kappa shape index (κ1) is 22.0. The van der Waals surface area contributed by atoms with Crippen molar-refractivity contribution in [3.05, 3.63) is 11.5 Å². The first-order valence-corrected chi connectivity index (χ1v) is 11.7. The van der Waals surface area contributed by atoms with E-state index in [4.69, 9.17) is 5.11 Å². The van der Waals surface area contributed by atoms with Crippen LogP contribution in [-0.4, -0.2) is 20.9 Å². The molecule has 0 aliphatic carbocycles. The summed E-state index contributed by atoms with van der Waals surface area (Å²) in [5, 5.41) is 11.2. The number of hydrogen-bond donors (Lipinski definition) is 1. The summed E-state index contributed by atoms with van der Waals surface area (Å²) in [4.78, 5) is 11.0. The number of carboxylic acids is 1. The first-order valence-electron chi connectivity index (χ1n) is 9.87. The van der Waals surface area contributed by atoms with E-state index in [-0.39, 0.29) is 10.5 Å². The van der Waals surface area contributed by atoms with Gasteiger partial charge in [0.05, 0.1) is 10.5 Å². The molecule has 4 heteroatoms. The summed E-state index contributed by atoms with van der Waals surface area (Å²) in [5.41, 5.74) is 0. The molecule has 0 aromatic carbocycles. The minimum atomic E-state index is -0.673. The summed E-state index contributed by atoms with van der Waals surface area (Å²) >= 11 is 3.56. The zero-order valence-electron chi connectivity index (χ0n) is 15.4. The largest absolute Gasteiger partial charge is 0.481 e. The van der Waals surface area contributed by atoms with E-state index in [2.05, 4.69) is 18.4 Å². The van der Waals surface area contributed by atoms with Crippen LogP contribution in [0.25, 0.3) is 0 Å². The SMILES string of the molecule is CCCCCCCCCCCCCCSC1(CC(=O)O)CC=CS1. The molecule has 1 aliphatic rings. The number of allylic oxidation sites excluding steroid dienone is 1. The van der Waals surface area contributed by atoms with Crippen molar-refractivity contribution in [2.24, 2.45) is 0 Å². The summed E-state index contributed by atoms with van der Waals surface area (Å²) in [6, 6.07) is 0. The minimum Gasteiger partial charge on any atom is -0.481 e. The third kappa shape index (κ3) is 10.7. The Morgan fingerprint density at radius 2 is 1.54 bits per heavy atom.